The molecule has 0 amide bonds. The predicted molar refractivity (Wildman–Crippen MR) is 74.8 cm³/mol. The number of carbonyl (C=O) groups is 1. The molecule has 2 aromatic carbocycles. The first-order valence-corrected chi connectivity index (χ1v) is 6.82. The Morgan fingerprint density at radius 3 is 2.05 bits per heavy atom. The van der Waals surface area contributed by atoms with Crippen molar-refractivity contribution in [2.75, 3.05) is 5.32 Å². The Morgan fingerprint density at radius 2 is 1.50 bits per heavy atom. The van der Waals surface area contributed by atoms with Crippen LogP contribution in [0.15, 0.2) is 53.4 Å². The molecule has 20 heavy (non-hydrogen) atoms. The Hall–Kier alpha value is -2.38. The lowest BCUT2D eigenvalue weighted by Gasteiger charge is -2.09. The number of hydrogen-bond acceptors (Lipinski definition) is 5. The highest BCUT2D eigenvalue weighted by Crippen LogP contribution is 2.25. The number of aromatic hydroxyl groups is 1. The second-order valence-electron chi connectivity index (χ2n) is 3.64. The second-order valence-corrected chi connectivity index (χ2v) is 5.03. The van der Waals surface area contributed by atoms with Crippen LogP contribution in [0.1, 0.15) is 0 Å². The van der Waals surface area contributed by atoms with Crippen molar-refractivity contribution >= 4 is 28.3 Å². The molecule has 2 rings (SSSR count). The van der Waals surface area contributed by atoms with Crippen LogP contribution in [0, 0.1) is 0 Å². The van der Waals surface area contributed by atoms with Gasteiger partial charge in [-0.05, 0) is 36.4 Å². The molecule has 6 nitrogen and oxygen atoms in total. The maximum Gasteiger partial charge on any atom is 0.296 e. The van der Waals surface area contributed by atoms with Gasteiger partial charge in [0.15, 0.2) is 0 Å². The normalized spacial score (nSPS) is 10.2. The van der Waals surface area contributed by atoms with Crippen LogP contribution in [0.4, 0.5) is 11.4 Å². The molecule has 0 unspecified atom stereocenters. The first kappa shape index (κ1) is 15.7. The fourth-order valence-corrected chi connectivity index (χ4v) is 2.14. The number of benzene rings is 2. The maximum atomic E-state index is 11.2. The molecule has 0 bridgehead atoms. The highest BCUT2D eigenvalue weighted by Gasteiger charge is 2.14. The van der Waals surface area contributed by atoms with Crippen LogP contribution in [-0.4, -0.2) is 24.9 Å². The minimum Gasteiger partial charge on any atom is -0.508 e. The third kappa shape index (κ3) is 4.08. The third-order valence-corrected chi connectivity index (χ3v) is 3.22. The fraction of sp³-hybridized carbons (Fsp3) is 0. The molecular weight excluding hydrogens is 282 g/mol. The molecule has 2 aromatic rings. The second kappa shape index (κ2) is 6.69. The Kier molecular flexibility index (Phi) is 5.24. The Morgan fingerprint density at radius 1 is 0.950 bits per heavy atom. The van der Waals surface area contributed by atoms with Gasteiger partial charge in [0.2, 0.25) is 0 Å². The van der Waals surface area contributed by atoms with Crippen molar-refractivity contribution in [3.05, 3.63) is 48.5 Å². The van der Waals surface area contributed by atoms with Crippen molar-refractivity contribution in [1.29, 1.82) is 0 Å². The summed E-state index contributed by atoms with van der Waals surface area (Å²) in [6, 6.07) is 12.1. The van der Waals surface area contributed by atoms with E-state index >= 15 is 0 Å². The summed E-state index contributed by atoms with van der Waals surface area (Å²) in [7, 11) is -4.27. The zero-order chi connectivity index (χ0) is 15.2. The average Bonchev–Trinajstić information content (AvgIpc) is 2.43. The molecule has 0 aliphatic heterocycles. The smallest absolute Gasteiger partial charge is 0.296 e. The van der Waals surface area contributed by atoms with Gasteiger partial charge in [-0.15, -0.1) is 0 Å². The SMILES string of the molecule is C=O.O=S(=O)(O)c1ccccc1Nc1ccc(O)cc1. The van der Waals surface area contributed by atoms with Crippen LogP contribution in [0.2, 0.25) is 0 Å². The minimum atomic E-state index is -4.27. The Labute approximate surface area is 116 Å². The predicted octanol–water partition coefficient (Wildman–Crippen LogP) is 2.20. The number of anilines is 2. The summed E-state index contributed by atoms with van der Waals surface area (Å²) >= 11 is 0. The van der Waals surface area contributed by atoms with E-state index in [0.717, 1.165) is 0 Å². The summed E-state index contributed by atoms with van der Waals surface area (Å²) in [4.78, 5) is 7.80. The molecule has 0 aliphatic rings. The molecule has 0 radical (unpaired) electrons. The molecule has 0 saturated carbocycles. The summed E-state index contributed by atoms with van der Waals surface area (Å²) in [5.74, 6) is 0.114. The van der Waals surface area contributed by atoms with Gasteiger partial charge in [-0.2, -0.15) is 8.42 Å². The van der Waals surface area contributed by atoms with Crippen molar-refractivity contribution in [3.63, 3.8) is 0 Å². The summed E-state index contributed by atoms with van der Waals surface area (Å²) in [5, 5.41) is 12.0. The topological polar surface area (TPSA) is 104 Å². The average molecular weight is 295 g/mol. The van der Waals surface area contributed by atoms with Crippen molar-refractivity contribution in [3.8, 4) is 5.75 Å². The van der Waals surface area contributed by atoms with Gasteiger partial charge in [-0.25, -0.2) is 0 Å². The molecule has 0 aromatic heterocycles. The van der Waals surface area contributed by atoms with E-state index in [1.165, 1.54) is 30.3 Å². The number of phenolic OH excluding ortho intramolecular Hbond substituents is 1. The van der Waals surface area contributed by atoms with E-state index in [1.54, 1.807) is 18.2 Å². The van der Waals surface area contributed by atoms with Gasteiger partial charge >= 0.3 is 0 Å². The van der Waals surface area contributed by atoms with E-state index in [9.17, 15) is 8.42 Å². The number of carbonyl (C=O) groups excluding carboxylic acids is 1. The molecule has 0 atom stereocenters. The van der Waals surface area contributed by atoms with Crippen LogP contribution in [0.3, 0.4) is 0 Å². The summed E-state index contributed by atoms with van der Waals surface area (Å²) in [6.45, 7) is 2.00. The van der Waals surface area contributed by atoms with E-state index < -0.39 is 10.1 Å². The molecule has 7 heteroatoms. The number of nitrogens with one attached hydrogen (secondary N) is 1. The van der Waals surface area contributed by atoms with Crippen molar-refractivity contribution in [2.24, 2.45) is 0 Å². The van der Waals surface area contributed by atoms with Gasteiger partial charge in [0.1, 0.15) is 17.4 Å². The lowest BCUT2D eigenvalue weighted by atomic mass is 10.2. The Balaban J connectivity index is 0.000000956. The molecule has 0 saturated heterocycles. The largest absolute Gasteiger partial charge is 0.508 e. The maximum absolute atomic E-state index is 11.2. The van der Waals surface area contributed by atoms with E-state index in [4.69, 9.17) is 14.5 Å². The van der Waals surface area contributed by atoms with E-state index in [1.807, 2.05) is 6.79 Å². The third-order valence-electron chi connectivity index (χ3n) is 2.31. The zero-order valence-corrected chi connectivity index (χ0v) is 11.2. The zero-order valence-electron chi connectivity index (χ0n) is 10.4. The van der Waals surface area contributed by atoms with Crippen LogP contribution in [-0.2, 0) is 14.9 Å². The molecule has 0 fully saturated rings. The number of para-hydroxylation sites is 1. The number of rotatable bonds is 3. The molecule has 0 heterocycles. The van der Waals surface area contributed by atoms with Crippen molar-refractivity contribution in [2.45, 2.75) is 4.90 Å². The summed E-state index contributed by atoms with van der Waals surface area (Å²) < 4.78 is 31.4. The quantitative estimate of drug-likeness (QED) is 0.592. The van der Waals surface area contributed by atoms with Gasteiger partial charge in [-0.1, -0.05) is 12.1 Å². The first-order valence-electron chi connectivity index (χ1n) is 5.38. The van der Waals surface area contributed by atoms with E-state index in [-0.39, 0.29) is 16.3 Å². The highest BCUT2D eigenvalue weighted by atomic mass is 32.2. The Bertz CT molecular complexity index is 667. The molecule has 106 valence electrons. The minimum absolute atomic E-state index is 0.114. The molecular formula is C13H13NO5S. The standard InChI is InChI=1S/C12H11NO4S.CH2O/c14-10-7-5-9(6-8-10)13-11-3-1-2-4-12(11)18(15,16)17;1-2/h1-8,13-14H,(H,15,16,17);1H2. The highest BCUT2D eigenvalue weighted by molar-refractivity contribution is 7.86. The van der Waals surface area contributed by atoms with Crippen LogP contribution in [0.5, 0.6) is 5.75 Å². The lowest BCUT2D eigenvalue weighted by molar-refractivity contribution is -0.0979. The van der Waals surface area contributed by atoms with Gasteiger partial charge < -0.3 is 15.2 Å². The summed E-state index contributed by atoms with van der Waals surface area (Å²) in [5.41, 5.74) is 0.870. The van der Waals surface area contributed by atoms with Crippen molar-refractivity contribution in [1.82, 2.24) is 0 Å². The van der Waals surface area contributed by atoms with Crippen LogP contribution < -0.4 is 5.32 Å². The van der Waals surface area contributed by atoms with Crippen molar-refractivity contribution < 1.29 is 22.9 Å². The van der Waals surface area contributed by atoms with E-state index in [2.05, 4.69) is 5.32 Å². The van der Waals surface area contributed by atoms with E-state index in [0.29, 0.717) is 5.69 Å². The van der Waals surface area contributed by atoms with Gasteiger partial charge in [0.25, 0.3) is 10.1 Å². The summed E-state index contributed by atoms with van der Waals surface area (Å²) in [6.07, 6.45) is 0. The number of hydrogen-bond donors (Lipinski definition) is 3. The van der Waals surface area contributed by atoms with Crippen LogP contribution in [0.25, 0.3) is 0 Å². The van der Waals surface area contributed by atoms with Gasteiger partial charge in [-0.3, -0.25) is 4.55 Å². The fourth-order valence-electron chi connectivity index (χ4n) is 1.50. The van der Waals surface area contributed by atoms with Gasteiger partial charge in [0.05, 0.1) is 5.69 Å². The monoisotopic (exact) mass is 295 g/mol. The molecule has 3 N–H and O–H groups in total. The van der Waals surface area contributed by atoms with Gasteiger partial charge in [0, 0.05) is 5.69 Å². The van der Waals surface area contributed by atoms with Crippen LogP contribution >= 0.6 is 0 Å². The molecule has 0 spiro atoms. The first-order chi connectivity index (χ1) is 9.47. The molecule has 0 aliphatic carbocycles. The number of phenols is 1. The lowest BCUT2D eigenvalue weighted by Crippen LogP contribution is -2.02.